The van der Waals surface area contributed by atoms with Crippen molar-refractivity contribution in [3.63, 3.8) is 0 Å². The first-order chi connectivity index (χ1) is 14.7. The van der Waals surface area contributed by atoms with E-state index < -0.39 is 35.1 Å². The molecule has 1 aliphatic rings. The molecule has 2 heterocycles. The number of benzene rings is 2. The third-order valence-electron chi connectivity index (χ3n) is 5.41. The number of hydrogen-bond acceptors (Lipinski definition) is 3. The van der Waals surface area contributed by atoms with Crippen molar-refractivity contribution in [2.75, 3.05) is 19.0 Å². The van der Waals surface area contributed by atoms with Gasteiger partial charge in [-0.1, -0.05) is 11.6 Å². The highest BCUT2D eigenvalue weighted by atomic mass is 35.5. The SMILES string of the molecule is CN(C(=O)Nc1ccc(F)c(Cl)c1)[C@@H]1COCc2c1c1cc(F)c(F)cc1c(=O)n2C. The summed E-state index contributed by atoms with van der Waals surface area (Å²) >= 11 is 5.76. The molecule has 10 heteroatoms. The summed E-state index contributed by atoms with van der Waals surface area (Å²) in [5, 5.41) is 2.69. The minimum atomic E-state index is -1.13. The van der Waals surface area contributed by atoms with Gasteiger partial charge in [-0.3, -0.25) is 4.79 Å². The summed E-state index contributed by atoms with van der Waals surface area (Å²) in [5.74, 6) is -2.85. The number of amides is 2. The Morgan fingerprint density at radius 3 is 2.52 bits per heavy atom. The molecule has 1 N–H and O–H groups in total. The highest BCUT2D eigenvalue weighted by Crippen LogP contribution is 2.34. The molecule has 0 unspecified atom stereocenters. The zero-order valence-electron chi connectivity index (χ0n) is 16.5. The van der Waals surface area contributed by atoms with Gasteiger partial charge in [0.1, 0.15) is 5.82 Å². The first-order valence-electron chi connectivity index (χ1n) is 9.26. The van der Waals surface area contributed by atoms with Crippen LogP contribution in [0.3, 0.4) is 0 Å². The average Bonchev–Trinajstić information content (AvgIpc) is 2.75. The number of pyridine rings is 1. The molecule has 1 aliphatic heterocycles. The molecule has 0 bridgehead atoms. The number of ether oxygens (including phenoxy) is 1. The lowest BCUT2D eigenvalue weighted by Gasteiger charge is -2.34. The fourth-order valence-corrected chi connectivity index (χ4v) is 3.90. The number of carbonyl (C=O) groups is 1. The molecule has 0 spiro atoms. The lowest BCUT2D eigenvalue weighted by Crippen LogP contribution is -2.40. The normalized spacial score (nSPS) is 15.6. The van der Waals surface area contributed by atoms with Crippen molar-refractivity contribution in [3.05, 3.63) is 74.4 Å². The number of halogens is 4. The Morgan fingerprint density at radius 2 is 1.84 bits per heavy atom. The molecule has 6 nitrogen and oxygen atoms in total. The van der Waals surface area contributed by atoms with Crippen LogP contribution in [0, 0.1) is 17.5 Å². The number of urea groups is 1. The first kappa shape index (κ1) is 21.2. The number of aromatic nitrogens is 1. The van der Waals surface area contributed by atoms with Crippen molar-refractivity contribution in [2.24, 2.45) is 7.05 Å². The standard InChI is InChI=1S/C21H17ClF3N3O3/c1-27-17-8-31-9-18(19(17)11-6-15(24)16(25)7-12(11)20(27)29)28(2)21(30)26-10-3-4-14(23)13(22)5-10/h3-7,18H,8-9H2,1-2H3,(H,26,30)/t18-/m1/s1. The number of nitrogens with zero attached hydrogens (tertiary/aromatic N) is 2. The van der Waals surface area contributed by atoms with Crippen LogP contribution in [0.25, 0.3) is 10.8 Å². The molecule has 0 saturated carbocycles. The van der Waals surface area contributed by atoms with Crippen molar-refractivity contribution in [1.82, 2.24) is 9.47 Å². The van der Waals surface area contributed by atoms with Gasteiger partial charge in [0.05, 0.1) is 35.4 Å². The third kappa shape index (κ3) is 3.64. The second-order valence-electron chi connectivity index (χ2n) is 7.24. The van der Waals surface area contributed by atoms with Gasteiger partial charge in [-0.2, -0.15) is 0 Å². The van der Waals surface area contributed by atoms with E-state index in [9.17, 15) is 22.8 Å². The highest BCUT2D eigenvalue weighted by Gasteiger charge is 2.32. The van der Waals surface area contributed by atoms with Crippen LogP contribution in [0.1, 0.15) is 17.3 Å². The average molecular weight is 452 g/mol. The lowest BCUT2D eigenvalue weighted by molar-refractivity contribution is 0.0505. The summed E-state index contributed by atoms with van der Waals surface area (Å²) in [7, 11) is 3.01. The van der Waals surface area contributed by atoms with E-state index in [1.807, 2.05) is 0 Å². The number of carbonyl (C=O) groups excluding carboxylic acids is 1. The van der Waals surface area contributed by atoms with Crippen LogP contribution in [-0.2, 0) is 18.4 Å². The molecule has 0 radical (unpaired) electrons. The van der Waals surface area contributed by atoms with Crippen molar-refractivity contribution in [2.45, 2.75) is 12.6 Å². The van der Waals surface area contributed by atoms with Crippen LogP contribution in [0.2, 0.25) is 5.02 Å². The summed E-state index contributed by atoms with van der Waals surface area (Å²) in [6.07, 6.45) is 0. The molecule has 3 aromatic rings. The van der Waals surface area contributed by atoms with Crippen LogP contribution in [-0.4, -0.2) is 29.2 Å². The van der Waals surface area contributed by atoms with Gasteiger partial charge < -0.3 is 19.5 Å². The lowest BCUT2D eigenvalue weighted by atomic mass is 9.95. The number of rotatable bonds is 2. The Balaban J connectivity index is 1.78. The zero-order chi connectivity index (χ0) is 22.4. The van der Waals surface area contributed by atoms with Gasteiger partial charge >= 0.3 is 6.03 Å². The molecule has 1 atom stereocenters. The van der Waals surface area contributed by atoms with Gasteiger partial charge in [0, 0.05) is 25.3 Å². The molecule has 162 valence electrons. The van der Waals surface area contributed by atoms with Gasteiger partial charge in [0.15, 0.2) is 11.6 Å². The molecule has 0 aliphatic carbocycles. The smallest absolute Gasteiger partial charge is 0.322 e. The molecular weight excluding hydrogens is 435 g/mol. The number of nitrogens with one attached hydrogen (secondary N) is 1. The summed E-state index contributed by atoms with van der Waals surface area (Å²) in [5.41, 5.74) is 0.741. The molecule has 2 aromatic carbocycles. The summed E-state index contributed by atoms with van der Waals surface area (Å²) in [6, 6.07) is 4.32. The zero-order valence-corrected chi connectivity index (χ0v) is 17.3. The second kappa shape index (κ2) is 7.90. The third-order valence-corrected chi connectivity index (χ3v) is 5.70. The summed E-state index contributed by atoms with van der Waals surface area (Å²) in [6.45, 7) is 0.156. The molecular formula is C21H17ClF3N3O3. The quantitative estimate of drug-likeness (QED) is 0.630. The fourth-order valence-electron chi connectivity index (χ4n) is 3.72. The molecule has 4 rings (SSSR count). The molecule has 0 saturated heterocycles. The predicted molar refractivity (Wildman–Crippen MR) is 110 cm³/mol. The number of anilines is 1. The minimum Gasteiger partial charge on any atom is -0.373 e. The number of hydrogen-bond donors (Lipinski definition) is 1. The monoisotopic (exact) mass is 451 g/mol. The van der Waals surface area contributed by atoms with Gasteiger partial charge in [-0.05, 0) is 35.7 Å². The van der Waals surface area contributed by atoms with Gasteiger partial charge in [0.25, 0.3) is 5.56 Å². The number of fused-ring (bicyclic) bond motifs is 3. The van der Waals surface area contributed by atoms with E-state index in [0.717, 1.165) is 18.2 Å². The van der Waals surface area contributed by atoms with Gasteiger partial charge in [-0.15, -0.1) is 0 Å². The Morgan fingerprint density at radius 1 is 1.16 bits per heavy atom. The predicted octanol–water partition coefficient (Wildman–Crippen LogP) is 4.34. The summed E-state index contributed by atoms with van der Waals surface area (Å²) in [4.78, 5) is 26.8. The van der Waals surface area contributed by atoms with E-state index in [0.29, 0.717) is 11.3 Å². The van der Waals surface area contributed by atoms with E-state index in [-0.39, 0.29) is 34.7 Å². The van der Waals surface area contributed by atoms with Crippen LogP contribution in [0.15, 0.2) is 35.1 Å². The maximum Gasteiger partial charge on any atom is 0.322 e. The Labute approximate surface area is 179 Å². The van der Waals surface area contributed by atoms with Gasteiger partial charge in [0.2, 0.25) is 0 Å². The van der Waals surface area contributed by atoms with Crippen molar-refractivity contribution in [3.8, 4) is 0 Å². The molecule has 1 aromatic heterocycles. The fraction of sp³-hybridized carbons (Fsp3) is 0.238. The second-order valence-corrected chi connectivity index (χ2v) is 7.64. The van der Waals surface area contributed by atoms with Crippen LogP contribution in [0.4, 0.5) is 23.7 Å². The Hall–Kier alpha value is -3.04. The highest BCUT2D eigenvalue weighted by molar-refractivity contribution is 6.31. The van der Waals surface area contributed by atoms with Crippen molar-refractivity contribution < 1.29 is 22.7 Å². The van der Waals surface area contributed by atoms with Crippen LogP contribution < -0.4 is 10.9 Å². The van der Waals surface area contributed by atoms with Crippen molar-refractivity contribution in [1.29, 1.82) is 0 Å². The van der Waals surface area contributed by atoms with E-state index >= 15 is 0 Å². The Bertz CT molecular complexity index is 1280. The summed E-state index contributed by atoms with van der Waals surface area (Å²) < 4.78 is 48.1. The van der Waals surface area contributed by atoms with Crippen molar-refractivity contribution >= 4 is 34.1 Å². The molecule has 31 heavy (non-hydrogen) atoms. The van der Waals surface area contributed by atoms with E-state index in [1.165, 1.54) is 35.7 Å². The van der Waals surface area contributed by atoms with Crippen LogP contribution in [0.5, 0.6) is 0 Å². The van der Waals surface area contributed by atoms with E-state index in [1.54, 1.807) is 0 Å². The largest absolute Gasteiger partial charge is 0.373 e. The topological polar surface area (TPSA) is 63.6 Å². The number of likely N-dealkylation sites (N-methyl/N-ethyl adjacent to an activating group) is 1. The first-order valence-corrected chi connectivity index (χ1v) is 9.64. The van der Waals surface area contributed by atoms with Crippen LogP contribution >= 0.6 is 11.6 Å². The maximum absolute atomic E-state index is 14.0. The van der Waals surface area contributed by atoms with E-state index in [4.69, 9.17) is 16.3 Å². The van der Waals surface area contributed by atoms with E-state index in [2.05, 4.69) is 5.32 Å². The Kier molecular flexibility index (Phi) is 5.40. The molecule has 0 fully saturated rings. The maximum atomic E-state index is 14.0. The van der Waals surface area contributed by atoms with Gasteiger partial charge in [-0.25, -0.2) is 18.0 Å². The minimum absolute atomic E-state index is 0.00572. The molecule has 2 amide bonds.